The van der Waals surface area contributed by atoms with Gasteiger partial charge in [0.25, 0.3) is 0 Å². The van der Waals surface area contributed by atoms with Crippen LogP contribution in [-0.4, -0.2) is 75.4 Å². The standard InChI is InChI=1S/C27H39F7O6/c1-12(21(38)20(37)10-25(28,29)26(30,31)27(32,33)34)14-4-5-15-13-11-40-22(39)17-8-18(35)19(36)9-24(17,3)16(13)6-7-23(14,15)2/h12-21,35-38H,4-11H2,1-3H3/t12-,13-,14+,15-,16-,17+,18-,19+,20+,21+,23+,24+/m0/s1. The van der Waals surface area contributed by atoms with Gasteiger partial charge in [0.1, 0.15) is 0 Å². The Morgan fingerprint density at radius 2 is 1.55 bits per heavy atom. The van der Waals surface area contributed by atoms with E-state index in [-0.39, 0.29) is 43.1 Å². The van der Waals surface area contributed by atoms with E-state index in [1.807, 2.05) is 13.8 Å². The maximum Gasteiger partial charge on any atom is 0.459 e. The van der Waals surface area contributed by atoms with Crippen molar-refractivity contribution in [2.45, 2.75) is 108 Å². The summed E-state index contributed by atoms with van der Waals surface area (Å²) in [7, 11) is 0. The summed E-state index contributed by atoms with van der Waals surface area (Å²) in [5.74, 6) is -14.5. The normalized spacial score (nSPS) is 43.0. The van der Waals surface area contributed by atoms with Crippen LogP contribution < -0.4 is 0 Å². The summed E-state index contributed by atoms with van der Waals surface area (Å²) in [5, 5.41) is 41.6. The van der Waals surface area contributed by atoms with Gasteiger partial charge in [0.15, 0.2) is 0 Å². The van der Waals surface area contributed by atoms with Crippen LogP contribution in [0.25, 0.3) is 0 Å². The van der Waals surface area contributed by atoms with Gasteiger partial charge in [-0.25, -0.2) is 0 Å². The van der Waals surface area contributed by atoms with Crippen LogP contribution in [0.4, 0.5) is 30.7 Å². The van der Waals surface area contributed by atoms with Gasteiger partial charge in [0.05, 0.1) is 36.9 Å². The first-order valence-electron chi connectivity index (χ1n) is 13.9. The molecule has 1 aliphatic heterocycles. The predicted molar refractivity (Wildman–Crippen MR) is 126 cm³/mol. The number of hydrogen-bond acceptors (Lipinski definition) is 6. The highest BCUT2D eigenvalue weighted by atomic mass is 19.4. The minimum Gasteiger partial charge on any atom is -0.465 e. The fourth-order valence-corrected chi connectivity index (χ4v) is 9.00. The van der Waals surface area contributed by atoms with Gasteiger partial charge in [-0.15, -0.1) is 0 Å². The Hall–Kier alpha value is -1.18. The zero-order valence-electron chi connectivity index (χ0n) is 22.7. The van der Waals surface area contributed by atoms with E-state index in [0.29, 0.717) is 25.7 Å². The number of aliphatic hydroxyl groups is 4. The Labute approximate surface area is 228 Å². The molecule has 0 unspecified atom stereocenters. The number of ether oxygens (including phenoxy) is 1. The van der Waals surface area contributed by atoms with Crippen molar-refractivity contribution in [1.29, 1.82) is 0 Å². The molecule has 0 radical (unpaired) electrons. The monoisotopic (exact) mass is 592 g/mol. The molecule has 12 atom stereocenters. The molecule has 1 heterocycles. The highest BCUT2D eigenvalue weighted by molar-refractivity contribution is 5.74. The topological polar surface area (TPSA) is 107 Å². The molecule has 3 aliphatic carbocycles. The van der Waals surface area contributed by atoms with Gasteiger partial charge >= 0.3 is 24.0 Å². The minimum atomic E-state index is -6.53. The van der Waals surface area contributed by atoms with Crippen molar-refractivity contribution in [3.63, 3.8) is 0 Å². The summed E-state index contributed by atoms with van der Waals surface area (Å²) in [6.45, 7) is 5.49. The first-order chi connectivity index (χ1) is 18.2. The molecule has 0 aromatic carbocycles. The Morgan fingerprint density at radius 1 is 0.950 bits per heavy atom. The van der Waals surface area contributed by atoms with Crippen LogP contribution in [0, 0.1) is 46.3 Å². The molecule has 0 aromatic heterocycles. The number of alkyl halides is 7. The van der Waals surface area contributed by atoms with Gasteiger partial charge in [-0.05, 0) is 78.9 Å². The molecule has 3 saturated carbocycles. The van der Waals surface area contributed by atoms with Gasteiger partial charge in [-0.3, -0.25) is 4.79 Å². The van der Waals surface area contributed by atoms with E-state index in [4.69, 9.17) is 4.74 Å². The quantitative estimate of drug-likeness (QED) is 0.271. The summed E-state index contributed by atoms with van der Waals surface area (Å²) < 4.78 is 98.0. The number of fused-ring (bicyclic) bond motifs is 5. The predicted octanol–water partition coefficient (Wildman–Crippen LogP) is 4.32. The summed E-state index contributed by atoms with van der Waals surface area (Å²) in [6.07, 6.45) is -12.7. The van der Waals surface area contributed by atoms with Crippen LogP contribution in [0.3, 0.4) is 0 Å². The number of halogens is 7. The van der Waals surface area contributed by atoms with Gasteiger partial charge in [-0.1, -0.05) is 20.8 Å². The number of carbonyl (C=O) groups is 1. The van der Waals surface area contributed by atoms with E-state index in [1.165, 1.54) is 6.92 Å². The fraction of sp³-hybridized carbons (Fsp3) is 0.963. The van der Waals surface area contributed by atoms with Crippen molar-refractivity contribution >= 4 is 5.97 Å². The molecule has 6 nitrogen and oxygen atoms in total. The second kappa shape index (κ2) is 10.2. The molecule has 4 aliphatic rings. The molecule has 40 heavy (non-hydrogen) atoms. The lowest BCUT2D eigenvalue weighted by molar-refractivity contribution is -0.359. The first kappa shape index (κ1) is 31.7. The maximum absolute atomic E-state index is 14.0. The number of cyclic esters (lactones) is 1. The third kappa shape index (κ3) is 4.84. The summed E-state index contributed by atoms with van der Waals surface area (Å²) >= 11 is 0. The van der Waals surface area contributed by atoms with Gasteiger partial charge in [-0.2, -0.15) is 30.7 Å². The molecule has 0 aromatic rings. The van der Waals surface area contributed by atoms with Crippen LogP contribution in [0.15, 0.2) is 0 Å². The van der Waals surface area contributed by atoms with Crippen molar-refractivity contribution in [3.8, 4) is 0 Å². The first-order valence-corrected chi connectivity index (χ1v) is 13.9. The Bertz CT molecular complexity index is 962. The molecule has 232 valence electrons. The Balaban J connectivity index is 1.52. The number of carbonyl (C=O) groups excluding carboxylic acids is 1. The molecule has 13 heteroatoms. The summed E-state index contributed by atoms with van der Waals surface area (Å²) in [4.78, 5) is 12.9. The summed E-state index contributed by atoms with van der Waals surface area (Å²) in [6, 6.07) is 0. The van der Waals surface area contributed by atoms with Crippen LogP contribution in [0.1, 0.15) is 65.7 Å². The van der Waals surface area contributed by atoms with Crippen molar-refractivity contribution in [1.82, 2.24) is 0 Å². The van der Waals surface area contributed by atoms with E-state index in [0.717, 1.165) is 0 Å². The number of aliphatic hydroxyl groups excluding tert-OH is 4. The highest BCUT2D eigenvalue weighted by Gasteiger charge is 2.73. The molecule has 4 rings (SSSR count). The van der Waals surface area contributed by atoms with E-state index >= 15 is 0 Å². The molecule has 1 saturated heterocycles. The minimum absolute atomic E-state index is 0.0305. The van der Waals surface area contributed by atoms with Gasteiger partial charge in [0, 0.05) is 6.42 Å². The maximum atomic E-state index is 14.0. The zero-order valence-corrected chi connectivity index (χ0v) is 22.7. The number of esters is 1. The van der Waals surface area contributed by atoms with Crippen molar-refractivity contribution in [2.24, 2.45) is 46.3 Å². The van der Waals surface area contributed by atoms with Crippen LogP contribution in [0.2, 0.25) is 0 Å². The van der Waals surface area contributed by atoms with E-state index in [9.17, 15) is 56.0 Å². The number of hydrogen-bond donors (Lipinski definition) is 4. The van der Waals surface area contributed by atoms with Crippen molar-refractivity contribution in [2.75, 3.05) is 6.61 Å². The summed E-state index contributed by atoms with van der Waals surface area (Å²) in [5.41, 5.74) is -1.15. The Morgan fingerprint density at radius 3 is 2.15 bits per heavy atom. The molecule has 4 N–H and O–H groups in total. The lowest BCUT2D eigenvalue weighted by Gasteiger charge is -2.56. The highest BCUT2D eigenvalue weighted by Crippen LogP contribution is 2.66. The molecule has 0 spiro atoms. The zero-order chi connectivity index (χ0) is 30.2. The second-order valence-corrected chi connectivity index (χ2v) is 13.3. The van der Waals surface area contributed by atoms with Crippen molar-refractivity contribution in [3.05, 3.63) is 0 Å². The third-order valence-corrected chi connectivity index (χ3v) is 11.3. The number of rotatable bonds is 6. The molecule has 4 fully saturated rings. The lowest BCUT2D eigenvalue weighted by Crippen LogP contribution is -2.55. The average molecular weight is 593 g/mol. The van der Waals surface area contributed by atoms with Crippen LogP contribution >= 0.6 is 0 Å². The largest absolute Gasteiger partial charge is 0.465 e. The third-order valence-electron chi connectivity index (χ3n) is 11.3. The van der Waals surface area contributed by atoms with Gasteiger partial charge in [0.2, 0.25) is 0 Å². The van der Waals surface area contributed by atoms with Crippen LogP contribution in [0.5, 0.6) is 0 Å². The lowest BCUT2D eigenvalue weighted by atomic mass is 9.48. The second-order valence-electron chi connectivity index (χ2n) is 13.3. The van der Waals surface area contributed by atoms with Crippen molar-refractivity contribution < 1.29 is 60.7 Å². The Kier molecular flexibility index (Phi) is 8.11. The van der Waals surface area contributed by atoms with Gasteiger partial charge < -0.3 is 25.2 Å². The van der Waals surface area contributed by atoms with Crippen LogP contribution in [-0.2, 0) is 9.53 Å². The average Bonchev–Trinajstić information content (AvgIpc) is 3.14. The molecule has 0 bridgehead atoms. The molecular formula is C27H39F7O6. The van der Waals surface area contributed by atoms with E-state index in [1.54, 1.807) is 0 Å². The molecule has 0 amide bonds. The van der Waals surface area contributed by atoms with E-state index in [2.05, 4.69) is 0 Å². The SMILES string of the molecule is C[C@H]([C@@H](O)[C@H](O)CC(F)(F)C(F)(F)C(F)(F)F)[C@H]1CC[C@H]2[C@@H]3COC(=O)[C@H]4C[C@H](O)[C@H](O)C[C@]4(C)[C@H]3CC[C@]12C. The molecular weight excluding hydrogens is 553 g/mol. The smallest absolute Gasteiger partial charge is 0.459 e. The fourth-order valence-electron chi connectivity index (χ4n) is 9.00. The van der Waals surface area contributed by atoms with E-state index < -0.39 is 77.5 Å².